The summed E-state index contributed by atoms with van der Waals surface area (Å²) in [5, 5.41) is 9.32. The highest BCUT2D eigenvalue weighted by molar-refractivity contribution is 5.83. The van der Waals surface area contributed by atoms with Crippen molar-refractivity contribution in [3.05, 3.63) is 34.2 Å². The van der Waals surface area contributed by atoms with Crippen LogP contribution in [0.15, 0.2) is 27.5 Å². The van der Waals surface area contributed by atoms with Crippen molar-refractivity contribution in [1.29, 1.82) is 5.26 Å². The normalized spacial score (nSPS) is 10.3. The molecule has 0 aliphatic carbocycles. The summed E-state index contributed by atoms with van der Waals surface area (Å²) in [7, 11) is 0. The molecule has 1 aromatic carbocycles. The van der Waals surface area contributed by atoms with Crippen molar-refractivity contribution < 1.29 is 4.52 Å². The summed E-state index contributed by atoms with van der Waals surface area (Å²) >= 11 is 0. The predicted molar refractivity (Wildman–Crippen MR) is 50.9 cm³/mol. The molecule has 0 aliphatic heterocycles. The van der Waals surface area contributed by atoms with E-state index in [1.807, 2.05) is 13.0 Å². The SMILES string of the molecule is CCn1oc(=O)c2cccc(C#N)c21. The number of fused-ring (bicyclic) bond motifs is 1. The highest BCUT2D eigenvalue weighted by Crippen LogP contribution is 2.15. The van der Waals surface area contributed by atoms with Crippen LogP contribution < -0.4 is 5.63 Å². The fraction of sp³-hybridized carbons (Fsp3) is 0.200. The molecule has 14 heavy (non-hydrogen) atoms. The second-order valence-corrected chi connectivity index (χ2v) is 2.89. The molecule has 0 fully saturated rings. The first-order valence-electron chi connectivity index (χ1n) is 4.31. The Morgan fingerprint density at radius 2 is 2.36 bits per heavy atom. The van der Waals surface area contributed by atoms with Crippen LogP contribution in [0.1, 0.15) is 12.5 Å². The number of rotatable bonds is 1. The van der Waals surface area contributed by atoms with Crippen LogP contribution in [0, 0.1) is 11.3 Å². The van der Waals surface area contributed by atoms with Gasteiger partial charge >= 0.3 is 5.63 Å². The molecule has 1 heterocycles. The molecule has 1 aromatic heterocycles. The van der Waals surface area contributed by atoms with E-state index in [9.17, 15) is 4.79 Å². The van der Waals surface area contributed by atoms with Gasteiger partial charge in [-0.2, -0.15) is 5.26 Å². The van der Waals surface area contributed by atoms with Gasteiger partial charge < -0.3 is 4.52 Å². The lowest BCUT2D eigenvalue weighted by atomic mass is 10.1. The molecule has 0 radical (unpaired) electrons. The monoisotopic (exact) mass is 188 g/mol. The van der Waals surface area contributed by atoms with Crippen LogP contribution in [0.3, 0.4) is 0 Å². The van der Waals surface area contributed by atoms with Crippen molar-refractivity contribution in [3.8, 4) is 6.07 Å². The third kappa shape index (κ3) is 1.03. The van der Waals surface area contributed by atoms with Crippen LogP contribution in [-0.2, 0) is 6.54 Å². The lowest BCUT2D eigenvalue weighted by molar-refractivity contribution is 0.270. The Hall–Kier alpha value is -2.02. The Morgan fingerprint density at radius 3 is 3.00 bits per heavy atom. The summed E-state index contributed by atoms with van der Waals surface area (Å²) in [5.41, 5.74) is 0.664. The van der Waals surface area contributed by atoms with E-state index in [1.54, 1.807) is 18.2 Å². The van der Waals surface area contributed by atoms with Crippen molar-refractivity contribution in [2.24, 2.45) is 0 Å². The Labute approximate surface area is 79.9 Å². The van der Waals surface area contributed by atoms with Gasteiger partial charge in [0.2, 0.25) is 0 Å². The van der Waals surface area contributed by atoms with Gasteiger partial charge in [0.05, 0.1) is 17.5 Å². The topological polar surface area (TPSA) is 58.9 Å². The summed E-state index contributed by atoms with van der Waals surface area (Å²) < 4.78 is 6.41. The molecule has 70 valence electrons. The fourth-order valence-electron chi connectivity index (χ4n) is 1.48. The molecule has 0 saturated heterocycles. The molecule has 0 bridgehead atoms. The number of nitrogens with zero attached hydrogens (tertiary/aromatic N) is 2. The lowest BCUT2D eigenvalue weighted by Gasteiger charge is -1.97. The standard InChI is InChI=1S/C10H8N2O2/c1-2-12-9-7(6-11)4-3-5-8(9)10(13)14-12/h3-5H,2H2,1H3. The molecule has 2 rings (SSSR count). The summed E-state index contributed by atoms with van der Waals surface area (Å²) in [6.07, 6.45) is 0. The van der Waals surface area contributed by atoms with Gasteiger partial charge in [-0.3, -0.25) is 0 Å². The smallest absolute Gasteiger partial charge is 0.335 e. The van der Waals surface area contributed by atoms with E-state index in [0.29, 0.717) is 23.0 Å². The minimum absolute atomic E-state index is 0.390. The summed E-state index contributed by atoms with van der Waals surface area (Å²) in [6, 6.07) is 7.05. The maximum absolute atomic E-state index is 11.3. The van der Waals surface area contributed by atoms with Crippen molar-refractivity contribution in [2.75, 3.05) is 0 Å². The molecular formula is C10H8N2O2. The van der Waals surface area contributed by atoms with Crippen LogP contribution in [0.2, 0.25) is 0 Å². The van der Waals surface area contributed by atoms with E-state index in [-0.39, 0.29) is 5.63 Å². The van der Waals surface area contributed by atoms with E-state index in [4.69, 9.17) is 9.78 Å². The molecule has 0 N–H and O–H groups in total. The number of aromatic nitrogens is 1. The molecule has 4 heteroatoms. The van der Waals surface area contributed by atoms with Gasteiger partial charge in [-0.25, -0.2) is 9.53 Å². The van der Waals surface area contributed by atoms with E-state index >= 15 is 0 Å². The first-order chi connectivity index (χ1) is 6.77. The lowest BCUT2D eigenvalue weighted by Crippen LogP contribution is -1.94. The van der Waals surface area contributed by atoms with Gasteiger partial charge in [0, 0.05) is 0 Å². The number of aryl methyl sites for hydroxylation is 1. The maximum atomic E-state index is 11.3. The molecule has 0 spiro atoms. The van der Waals surface area contributed by atoms with Gasteiger partial charge in [-0.05, 0) is 19.1 Å². The molecule has 0 amide bonds. The molecule has 2 aromatic rings. The van der Waals surface area contributed by atoms with Gasteiger partial charge in [0.1, 0.15) is 11.6 Å². The maximum Gasteiger partial charge on any atom is 0.365 e. The second-order valence-electron chi connectivity index (χ2n) is 2.89. The molecule has 0 saturated carbocycles. The third-order valence-electron chi connectivity index (χ3n) is 2.11. The number of para-hydroxylation sites is 1. The van der Waals surface area contributed by atoms with Crippen LogP contribution in [0.4, 0.5) is 0 Å². The van der Waals surface area contributed by atoms with Gasteiger partial charge in [-0.15, -0.1) is 0 Å². The molecule has 0 unspecified atom stereocenters. The molecule has 0 aliphatic rings. The number of hydrogen-bond acceptors (Lipinski definition) is 3. The van der Waals surface area contributed by atoms with Gasteiger partial charge in [0.15, 0.2) is 0 Å². The summed E-state index contributed by atoms with van der Waals surface area (Å²) in [4.78, 5) is 11.3. The molecule has 4 nitrogen and oxygen atoms in total. The van der Waals surface area contributed by atoms with E-state index in [0.717, 1.165) is 0 Å². The van der Waals surface area contributed by atoms with Crippen LogP contribution in [-0.4, -0.2) is 4.74 Å². The number of hydrogen-bond donors (Lipinski definition) is 0. The Balaban J connectivity index is 2.99. The van der Waals surface area contributed by atoms with Gasteiger partial charge in [-0.1, -0.05) is 6.07 Å². The first kappa shape index (κ1) is 8.57. The number of nitriles is 1. The van der Waals surface area contributed by atoms with Crippen LogP contribution in [0.5, 0.6) is 0 Å². The summed E-state index contributed by atoms with van der Waals surface area (Å²) in [5.74, 6) is 0. The average molecular weight is 188 g/mol. The highest BCUT2D eigenvalue weighted by atomic mass is 16.5. The first-order valence-corrected chi connectivity index (χ1v) is 4.31. The van der Waals surface area contributed by atoms with Crippen LogP contribution in [0.25, 0.3) is 10.9 Å². The van der Waals surface area contributed by atoms with Crippen molar-refractivity contribution in [2.45, 2.75) is 13.5 Å². The molecular weight excluding hydrogens is 180 g/mol. The average Bonchev–Trinajstić information content (AvgIpc) is 2.56. The zero-order valence-electron chi connectivity index (χ0n) is 7.65. The van der Waals surface area contributed by atoms with Crippen molar-refractivity contribution in [3.63, 3.8) is 0 Å². The van der Waals surface area contributed by atoms with E-state index in [1.165, 1.54) is 4.74 Å². The Morgan fingerprint density at radius 1 is 1.57 bits per heavy atom. The summed E-state index contributed by atoms with van der Waals surface area (Å²) in [6.45, 7) is 2.40. The molecule has 0 atom stereocenters. The number of benzene rings is 1. The van der Waals surface area contributed by atoms with Crippen molar-refractivity contribution >= 4 is 10.9 Å². The largest absolute Gasteiger partial charge is 0.365 e. The minimum Gasteiger partial charge on any atom is -0.335 e. The third-order valence-corrected chi connectivity index (χ3v) is 2.11. The van der Waals surface area contributed by atoms with Crippen molar-refractivity contribution in [1.82, 2.24) is 4.74 Å². The predicted octanol–water partition coefficient (Wildman–Crippen LogP) is 1.49. The zero-order chi connectivity index (χ0) is 10.1. The van der Waals surface area contributed by atoms with Gasteiger partial charge in [0.25, 0.3) is 0 Å². The zero-order valence-corrected chi connectivity index (χ0v) is 7.65. The fourth-order valence-corrected chi connectivity index (χ4v) is 1.48. The minimum atomic E-state index is -0.390. The highest BCUT2D eigenvalue weighted by Gasteiger charge is 2.11. The Bertz CT molecular complexity index is 572. The van der Waals surface area contributed by atoms with Crippen LogP contribution >= 0.6 is 0 Å². The van der Waals surface area contributed by atoms with E-state index in [2.05, 4.69) is 0 Å². The Kier molecular flexibility index (Phi) is 1.86. The van der Waals surface area contributed by atoms with E-state index < -0.39 is 0 Å². The quantitative estimate of drug-likeness (QED) is 0.681. The second kappa shape index (κ2) is 3.04.